The first-order valence-electron chi connectivity index (χ1n) is 6.49. The van der Waals surface area contributed by atoms with Crippen LogP contribution in [0.4, 0.5) is 5.69 Å². The number of para-hydroxylation sites is 1. The van der Waals surface area contributed by atoms with Gasteiger partial charge in [-0.3, -0.25) is 9.78 Å². The number of aryl methyl sites for hydroxylation is 1. The normalized spacial score (nSPS) is 10.6. The van der Waals surface area contributed by atoms with Gasteiger partial charge in [0.2, 0.25) is 5.91 Å². The highest BCUT2D eigenvalue weighted by molar-refractivity contribution is 6.00. The van der Waals surface area contributed by atoms with Gasteiger partial charge in [0, 0.05) is 24.4 Å². The quantitative estimate of drug-likeness (QED) is 0.787. The lowest BCUT2D eigenvalue weighted by atomic mass is 10.2. The zero-order valence-corrected chi connectivity index (χ0v) is 10.9. The molecule has 1 N–H and O–H groups in total. The van der Waals surface area contributed by atoms with Gasteiger partial charge in [-0.2, -0.15) is 0 Å². The molecule has 0 saturated heterocycles. The van der Waals surface area contributed by atoms with E-state index in [2.05, 4.69) is 10.3 Å². The van der Waals surface area contributed by atoms with Crippen molar-refractivity contribution in [1.29, 1.82) is 0 Å². The van der Waals surface area contributed by atoms with Gasteiger partial charge in [0.1, 0.15) is 5.76 Å². The lowest BCUT2D eigenvalue weighted by Crippen LogP contribution is -2.12. The van der Waals surface area contributed by atoms with Crippen LogP contribution in [0.3, 0.4) is 0 Å². The highest BCUT2D eigenvalue weighted by Crippen LogP contribution is 2.20. The third-order valence-corrected chi connectivity index (χ3v) is 3.09. The lowest BCUT2D eigenvalue weighted by molar-refractivity contribution is -0.116. The van der Waals surface area contributed by atoms with E-state index in [1.165, 1.54) is 0 Å². The van der Waals surface area contributed by atoms with E-state index in [1.807, 2.05) is 42.5 Å². The van der Waals surface area contributed by atoms with Crippen LogP contribution in [0, 0.1) is 0 Å². The maximum atomic E-state index is 12.0. The molecule has 1 aromatic carbocycles. The van der Waals surface area contributed by atoms with Crippen LogP contribution < -0.4 is 5.32 Å². The van der Waals surface area contributed by atoms with Gasteiger partial charge in [0.05, 0.1) is 17.5 Å². The molecule has 3 rings (SSSR count). The van der Waals surface area contributed by atoms with Crippen LogP contribution in [-0.2, 0) is 11.2 Å². The average molecular weight is 266 g/mol. The fraction of sp³-hybridized carbons (Fsp3) is 0.125. The van der Waals surface area contributed by atoms with E-state index in [1.54, 1.807) is 12.5 Å². The number of carbonyl (C=O) groups excluding carboxylic acids is 1. The number of amides is 1. The van der Waals surface area contributed by atoms with E-state index < -0.39 is 0 Å². The Hall–Kier alpha value is -2.62. The molecule has 0 aliphatic rings. The van der Waals surface area contributed by atoms with Crippen molar-refractivity contribution < 1.29 is 9.21 Å². The van der Waals surface area contributed by atoms with Crippen LogP contribution in [0.5, 0.6) is 0 Å². The number of fused-ring (bicyclic) bond motifs is 1. The molecule has 0 bridgehead atoms. The SMILES string of the molecule is O=C(CCc1ccco1)Nc1cccc2cccnc12. The zero-order valence-electron chi connectivity index (χ0n) is 10.9. The number of nitrogens with zero attached hydrogens (tertiary/aromatic N) is 1. The number of aromatic nitrogens is 1. The highest BCUT2D eigenvalue weighted by atomic mass is 16.3. The van der Waals surface area contributed by atoms with E-state index in [0.29, 0.717) is 12.8 Å². The second kappa shape index (κ2) is 5.57. The van der Waals surface area contributed by atoms with Gasteiger partial charge >= 0.3 is 0 Å². The molecule has 3 aromatic rings. The summed E-state index contributed by atoms with van der Waals surface area (Å²) in [7, 11) is 0. The minimum Gasteiger partial charge on any atom is -0.469 e. The number of hydrogen-bond donors (Lipinski definition) is 1. The Balaban J connectivity index is 1.71. The van der Waals surface area contributed by atoms with E-state index >= 15 is 0 Å². The number of pyridine rings is 1. The molecule has 20 heavy (non-hydrogen) atoms. The summed E-state index contributed by atoms with van der Waals surface area (Å²) in [5.74, 6) is 0.774. The Bertz CT molecular complexity index is 715. The van der Waals surface area contributed by atoms with Crippen molar-refractivity contribution >= 4 is 22.5 Å². The second-order valence-electron chi connectivity index (χ2n) is 4.51. The summed E-state index contributed by atoms with van der Waals surface area (Å²) in [5, 5.41) is 3.91. The number of hydrogen-bond acceptors (Lipinski definition) is 3. The monoisotopic (exact) mass is 266 g/mol. The van der Waals surface area contributed by atoms with Crippen molar-refractivity contribution in [3.8, 4) is 0 Å². The van der Waals surface area contributed by atoms with Gasteiger partial charge < -0.3 is 9.73 Å². The van der Waals surface area contributed by atoms with Gasteiger partial charge in [-0.15, -0.1) is 0 Å². The van der Waals surface area contributed by atoms with Crippen molar-refractivity contribution in [2.24, 2.45) is 0 Å². The number of rotatable bonds is 4. The molecule has 0 saturated carbocycles. The molecular formula is C16H14N2O2. The average Bonchev–Trinajstić information content (AvgIpc) is 2.99. The standard InChI is InChI=1S/C16H14N2O2/c19-15(9-8-13-6-3-11-20-13)18-14-7-1-4-12-5-2-10-17-16(12)14/h1-7,10-11H,8-9H2,(H,18,19). The Morgan fingerprint density at radius 2 is 2.05 bits per heavy atom. The van der Waals surface area contributed by atoms with Crippen molar-refractivity contribution in [2.75, 3.05) is 5.32 Å². The Morgan fingerprint density at radius 1 is 1.15 bits per heavy atom. The second-order valence-corrected chi connectivity index (χ2v) is 4.51. The maximum Gasteiger partial charge on any atom is 0.224 e. The van der Waals surface area contributed by atoms with Crippen LogP contribution in [0.25, 0.3) is 10.9 Å². The van der Waals surface area contributed by atoms with Crippen molar-refractivity contribution in [1.82, 2.24) is 4.98 Å². The first-order chi connectivity index (χ1) is 9.83. The Labute approximate surface area is 116 Å². The predicted octanol–water partition coefficient (Wildman–Crippen LogP) is 3.40. The topological polar surface area (TPSA) is 55.1 Å². The smallest absolute Gasteiger partial charge is 0.224 e. The van der Waals surface area contributed by atoms with Crippen LogP contribution >= 0.6 is 0 Å². The zero-order chi connectivity index (χ0) is 13.8. The van der Waals surface area contributed by atoms with Crippen molar-refractivity contribution in [3.63, 3.8) is 0 Å². The molecule has 4 nitrogen and oxygen atoms in total. The predicted molar refractivity (Wildman–Crippen MR) is 77.4 cm³/mol. The molecule has 2 aromatic heterocycles. The summed E-state index contributed by atoms with van der Waals surface area (Å²) in [4.78, 5) is 16.3. The summed E-state index contributed by atoms with van der Waals surface area (Å²) in [6.45, 7) is 0. The fourth-order valence-electron chi connectivity index (χ4n) is 2.11. The molecule has 100 valence electrons. The van der Waals surface area contributed by atoms with E-state index in [0.717, 1.165) is 22.4 Å². The molecule has 0 unspecified atom stereocenters. The lowest BCUT2D eigenvalue weighted by Gasteiger charge is -2.07. The molecule has 0 aliphatic heterocycles. The molecular weight excluding hydrogens is 252 g/mol. The molecule has 0 fully saturated rings. The van der Waals surface area contributed by atoms with E-state index in [9.17, 15) is 4.79 Å². The molecule has 1 amide bonds. The molecule has 0 radical (unpaired) electrons. The Morgan fingerprint density at radius 3 is 2.90 bits per heavy atom. The van der Waals surface area contributed by atoms with Crippen molar-refractivity contribution in [2.45, 2.75) is 12.8 Å². The first-order valence-corrected chi connectivity index (χ1v) is 6.49. The fourth-order valence-corrected chi connectivity index (χ4v) is 2.11. The van der Waals surface area contributed by atoms with Crippen LogP contribution in [0.2, 0.25) is 0 Å². The van der Waals surface area contributed by atoms with Gasteiger partial charge in [-0.1, -0.05) is 18.2 Å². The largest absolute Gasteiger partial charge is 0.469 e. The van der Waals surface area contributed by atoms with Gasteiger partial charge in [0.25, 0.3) is 0 Å². The van der Waals surface area contributed by atoms with Gasteiger partial charge in [0.15, 0.2) is 0 Å². The summed E-state index contributed by atoms with van der Waals surface area (Å²) in [6, 6.07) is 13.3. The summed E-state index contributed by atoms with van der Waals surface area (Å²) in [5.41, 5.74) is 1.55. The molecule has 2 heterocycles. The minimum absolute atomic E-state index is 0.0421. The van der Waals surface area contributed by atoms with Crippen molar-refractivity contribution in [3.05, 3.63) is 60.7 Å². The Kier molecular flexibility index (Phi) is 3.46. The van der Waals surface area contributed by atoms with Gasteiger partial charge in [-0.05, 0) is 24.3 Å². The van der Waals surface area contributed by atoms with Crippen LogP contribution in [0.1, 0.15) is 12.2 Å². The van der Waals surface area contributed by atoms with Crippen LogP contribution in [0.15, 0.2) is 59.3 Å². The molecule has 0 aliphatic carbocycles. The molecule has 0 atom stereocenters. The number of benzene rings is 1. The maximum absolute atomic E-state index is 12.0. The third-order valence-electron chi connectivity index (χ3n) is 3.09. The summed E-state index contributed by atoms with van der Waals surface area (Å²) < 4.78 is 5.21. The summed E-state index contributed by atoms with van der Waals surface area (Å²) in [6.07, 6.45) is 4.32. The first kappa shape index (κ1) is 12.4. The van der Waals surface area contributed by atoms with E-state index in [-0.39, 0.29) is 5.91 Å². The number of anilines is 1. The van der Waals surface area contributed by atoms with E-state index in [4.69, 9.17) is 4.42 Å². The molecule has 0 spiro atoms. The molecule has 4 heteroatoms. The highest BCUT2D eigenvalue weighted by Gasteiger charge is 2.07. The third kappa shape index (κ3) is 2.69. The van der Waals surface area contributed by atoms with Gasteiger partial charge in [-0.25, -0.2) is 0 Å². The number of nitrogens with one attached hydrogen (secondary N) is 1. The number of furan rings is 1. The number of carbonyl (C=O) groups is 1. The summed E-state index contributed by atoms with van der Waals surface area (Å²) >= 11 is 0. The van der Waals surface area contributed by atoms with Crippen LogP contribution in [-0.4, -0.2) is 10.9 Å². The minimum atomic E-state index is -0.0421.